The average molecular weight is 394 g/mol. The Hall–Kier alpha value is -3.81. The molecule has 150 valence electrons. The predicted molar refractivity (Wildman–Crippen MR) is 111 cm³/mol. The maximum Gasteiger partial charge on any atom is 0.276 e. The fourth-order valence-electron chi connectivity index (χ4n) is 2.74. The Labute approximate surface area is 168 Å². The zero-order chi connectivity index (χ0) is 20.8. The van der Waals surface area contributed by atoms with Crippen molar-refractivity contribution in [1.29, 1.82) is 0 Å². The van der Waals surface area contributed by atoms with Crippen LogP contribution in [-0.2, 0) is 0 Å². The van der Waals surface area contributed by atoms with Crippen LogP contribution in [0.25, 0.3) is 0 Å². The highest BCUT2D eigenvalue weighted by atomic mass is 16.5. The van der Waals surface area contributed by atoms with Gasteiger partial charge >= 0.3 is 0 Å². The third-order valence-electron chi connectivity index (χ3n) is 4.11. The van der Waals surface area contributed by atoms with Gasteiger partial charge in [0.2, 0.25) is 5.75 Å². The minimum atomic E-state index is -0.408. The molecule has 0 spiro atoms. The molecule has 1 aromatic heterocycles. The lowest BCUT2D eigenvalue weighted by Gasteiger charge is -2.14. The van der Waals surface area contributed by atoms with Gasteiger partial charge in [-0.05, 0) is 36.8 Å². The summed E-state index contributed by atoms with van der Waals surface area (Å²) >= 11 is 0. The normalized spacial score (nSPS) is 10.2. The number of benzene rings is 2. The van der Waals surface area contributed by atoms with Gasteiger partial charge in [0.05, 0.1) is 21.3 Å². The molecule has 1 amide bonds. The lowest BCUT2D eigenvalue weighted by Crippen LogP contribution is -2.15. The highest BCUT2D eigenvalue weighted by Crippen LogP contribution is 2.40. The number of aryl methyl sites for hydroxylation is 1. The van der Waals surface area contributed by atoms with Crippen LogP contribution in [0.2, 0.25) is 0 Å². The Morgan fingerprint density at radius 2 is 1.59 bits per heavy atom. The van der Waals surface area contributed by atoms with Gasteiger partial charge < -0.3 is 24.8 Å². The molecule has 0 bridgehead atoms. The number of hydrogen-bond acceptors (Lipinski definition) is 7. The quantitative estimate of drug-likeness (QED) is 0.629. The van der Waals surface area contributed by atoms with E-state index >= 15 is 0 Å². The first-order valence-corrected chi connectivity index (χ1v) is 8.83. The van der Waals surface area contributed by atoms with E-state index in [1.165, 1.54) is 21.3 Å². The van der Waals surface area contributed by atoms with Crippen LogP contribution in [0.4, 0.5) is 17.2 Å². The Bertz CT molecular complexity index is 981. The molecule has 0 saturated carbocycles. The average Bonchev–Trinajstić information content (AvgIpc) is 2.73. The first-order chi connectivity index (χ1) is 14.0. The molecule has 1 heterocycles. The molecule has 2 aromatic carbocycles. The number of aromatic nitrogens is 2. The minimum absolute atomic E-state index is 0.175. The Balaban J connectivity index is 1.74. The Morgan fingerprint density at radius 3 is 2.14 bits per heavy atom. The summed E-state index contributed by atoms with van der Waals surface area (Å²) in [6.07, 6.45) is 0. The van der Waals surface area contributed by atoms with Crippen molar-refractivity contribution in [3.63, 3.8) is 0 Å². The van der Waals surface area contributed by atoms with Crippen molar-refractivity contribution < 1.29 is 19.0 Å². The second-order valence-electron chi connectivity index (χ2n) is 6.17. The number of carbonyl (C=O) groups excluding carboxylic acids is 1. The smallest absolute Gasteiger partial charge is 0.276 e. The maximum atomic E-state index is 12.5. The number of hydrogen-bond donors (Lipinski definition) is 2. The highest BCUT2D eigenvalue weighted by molar-refractivity contribution is 6.03. The molecule has 0 fully saturated rings. The molecule has 0 saturated heterocycles. The largest absolute Gasteiger partial charge is 0.493 e. The van der Waals surface area contributed by atoms with Gasteiger partial charge in [-0.1, -0.05) is 12.1 Å². The number of rotatable bonds is 7. The van der Waals surface area contributed by atoms with E-state index in [9.17, 15) is 4.79 Å². The third-order valence-corrected chi connectivity index (χ3v) is 4.11. The summed E-state index contributed by atoms with van der Waals surface area (Å²) in [7, 11) is 4.53. The van der Waals surface area contributed by atoms with Gasteiger partial charge in [-0.15, -0.1) is 10.2 Å². The van der Waals surface area contributed by atoms with Gasteiger partial charge in [-0.3, -0.25) is 4.79 Å². The van der Waals surface area contributed by atoms with Crippen LogP contribution in [-0.4, -0.2) is 37.4 Å². The summed E-state index contributed by atoms with van der Waals surface area (Å²) in [6.45, 7) is 2.01. The third kappa shape index (κ3) is 4.73. The van der Waals surface area contributed by atoms with Crippen molar-refractivity contribution in [2.75, 3.05) is 32.0 Å². The van der Waals surface area contributed by atoms with E-state index in [1.807, 2.05) is 31.2 Å². The van der Waals surface area contributed by atoms with E-state index in [-0.39, 0.29) is 5.69 Å². The standard InChI is InChI=1S/C21H22N4O4/c1-13-6-5-7-14(10-13)22-19-9-8-16(24-25-19)21(26)23-15-11-17(27-2)20(29-4)18(12-15)28-3/h5-12H,1-4H3,(H,22,25)(H,23,26). The van der Waals surface area contributed by atoms with Crippen LogP contribution in [0.15, 0.2) is 48.5 Å². The van der Waals surface area contributed by atoms with Gasteiger partial charge in [0.25, 0.3) is 5.91 Å². The molecule has 0 radical (unpaired) electrons. The molecule has 2 N–H and O–H groups in total. The molecule has 3 rings (SSSR count). The van der Waals surface area contributed by atoms with Gasteiger partial charge in [0.1, 0.15) is 0 Å². The lowest BCUT2D eigenvalue weighted by molar-refractivity contribution is 0.102. The van der Waals surface area contributed by atoms with Crippen molar-refractivity contribution >= 4 is 23.1 Å². The second kappa shape index (κ2) is 8.92. The first-order valence-electron chi connectivity index (χ1n) is 8.83. The summed E-state index contributed by atoms with van der Waals surface area (Å²) in [4.78, 5) is 12.5. The van der Waals surface area contributed by atoms with Crippen molar-refractivity contribution in [2.24, 2.45) is 0 Å². The van der Waals surface area contributed by atoms with Gasteiger partial charge in [-0.25, -0.2) is 0 Å². The van der Waals surface area contributed by atoms with Crippen molar-refractivity contribution in [1.82, 2.24) is 10.2 Å². The highest BCUT2D eigenvalue weighted by Gasteiger charge is 2.16. The summed E-state index contributed by atoms with van der Waals surface area (Å²) in [5, 5.41) is 14.0. The van der Waals surface area contributed by atoms with E-state index in [4.69, 9.17) is 14.2 Å². The number of nitrogens with zero attached hydrogens (tertiary/aromatic N) is 2. The first kappa shape index (κ1) is 19.9. The zero-order valence-electron chi connectivity index (χ0n) is 16.6. The molecule has 3 aromatic rings. The van der Waals surface area contributed by atoms with Crippen LogP contribution in [0.1, 0.15) is 16.1 Å². The van der Waals surface area contributed by atoms with Gasteiger partial charge in [0.15, 0.2) is 23.0 Å². The fourth-order valence-corrected chi connectivity index (χ4v) is 2.74. The monoisotopic (exact) mass is 394 g/mol. The van der Waals surface area contributed by atoms with E-state index in [0.29, 0.717) is 28.8 Å². The van der Waals surface area contributed by atoms with E-state index in [1.54, 1.807) is 24.3 Å². The molecular formula is C21H22N4O4. The molecule has 0 aliphatic carbocycles. The van der Waals surface area contributed by atoms with Crippen LogP contribution >= 0.6 is 0 Å². The summed E-state index contributed by atoms with van der Waals surface area (Å²) in [5.74, 6) is 1.45. The fraction of sp³-hybridized carbons (Fsp3) is 0.190. The Morgan fingerprint density at radius 1 is 0.862 bits per heavy atom. The molecular weight excluding hydrogens is 372 g/mol. The minimum Gasteiger partial charge on any atom is -0.493 e. The van der Waals surface area contributed by atoms with Crippen molar-refractivity contribution in [2.45, 2.75) is 6.92 Å². The number of amides is 1. The molecule has 0 unspecified atom stereocenters. The molecule has 0 atom stereocenters. The second-order valence-corrected chi connectivity index (χ2v) is 6.17. The van der Waals surface area contributed by atoms with Crippen LogP contribution < -0.4 is 24.8 Å². The summed E-state index contributed by atoms with van der Waals surface area (Å²) in [5.41, 5.74) is 2.68. The van der Waals surface area contributed by atoms with Crippen molar-refractivity contribution in [3.8, 4) is 17.2 Å². The number of carbonyl (C=O) groups is 1. The van der Waals surface area contributed by atoms with E-state index < -0.39 is 5.91 Å². The predicted octanol–water partition coefficient (Wildman–Crippen LogP) is 3.81. The van der Waals surface area contributed by atoms with Crippen LogP contribution in [0.5, 0.6) is 17.2 Å². The summed E-state index contributed by atoms with van der Waals surface area (Å²) < 4.78 is 15.9. The van der Waals surface area contributed by atoms with Gasteiger partial charge in [0, 0.05) is 23.5 Å². The molecule has 8 heteroatoms. The topological polar surface area (TPSA) is 94.6 Å². The van der Waals surface area contributed by atoms with Crippen LogP contribution in [0.3, 0.4) is 0 Å². The number of anilines is 3. The van der Waals surface area contributed by atoms with Gasteiger partial charge in [-0.2, -0.15) is 0 Å². The van der Waals surface area contributed by atoms with Crippen molar-refractivity contribution in [3.05, 3.63) is 59.8 Å². The van der Waals surface area contributed by atoms with E-state index in [0.717, 1.165) is 11.3 Å². The van der Waals surface area contributed by atoms with E-state index in [2.05, 4.69) is 20.8 Å². The number of methoxy groups -OCH3 is 3. The molecule has 0 aliphatic heterocycles. The van der Waals surface area contributed by atoms with Crippen LogP contribution in [0, 0.1) is 6.92 Å². The SMILES string of the molecule is COc1cc(NC(=O)c2ccc(Nc3cccc(C)c3)nn2)cc(OC)c1OC. The zero-order valence-corrected chi connectivity index (χ0v) is 16.6. The number of ether oxygens (including phenoxy) is 3. The maximum absolute atomic E-state index is 12.5. The molecule has 0 aliphatic rings. The number of nitrogens with one attached hydrogen (secondary N) is 2. The molecule has 29 heavy (non-hydrogen) atoms. The Kier molecular flexibility index (Phi) is 6.13. The summed E-state index contributed by atoms with van der Waals surface area (Å²) in [6, 6.07) is 14.4. The lowest BCUT2D eigenvalue weighted by atomic mass is 10.2. The molecule has 8 nitrogen and oxygen atoms in total.